The lowest BCUT2D eigenvalue weighted by Gasteiger charge is -2.10. The summed E-state index contributed by atoms with van der Waals surface area (Å²) in [5.74, 6) is 0.501. The Morgan fingerprint density at radius 3 is 2.62 bits per heavy atom. The lowest BCUT2D eigenvalue weighted by molar-refractivity contribution is -0.121. The Kier molecular flexibility index (Phi) is 4.83. The fourth-order valence-corrected chi connectivity index (χ4v) is 2.66. The van der Waals surface area contributed by atoms with Crippen molar-refractivity contribution in [2.75, 3.05) is 7.05 Å². The molecule has 2 aromatic carbocycles. The normalized spacial score (nSPS) is 15.8. The van der Waals surface area contributed by atoms with Gasteiger partial charge in [-0.3, -0.25) is 9.69 Å². The van der Waals surface area contributed by atoms with Gasteiger partial charge in [0.25, 0.3) is 5.91 Å². The predicted octanol–water partition coefficient (Wildman–Crippen LogP) is 3.61. The van der Waals surface area contributed by atoms with Crippen molar-refractivity contribution >= 4 is 40.9 Å². The van der Waals surface area contributed by atoms with Gasteiger partial charge in [-0.15, -0.1) is 0 Å². The Morgan fingerprint density at radius 2 is 1.92 bits per heavy atom. The number of carbonyl (C=O) groups excluding carboxylic acids is 1. The van der Waals surface area contributed by atoms with Crippen molar-refractivity contribution in [2.45, 2.75) is 6.61 Å². The SMILES string of the molecule is CN1C(=O)C(=Cc2ccccc2OCc2ccccc2Cl)NC1=S. The number of rotatable bonds is 4. The van der Waals surface area contributed by atoms with Crippen molar-refractivity contribution in [3.63, 3.8) is 0 Å². The number of benzene rings is 2. The molecule has 1 heterocycles. The first-order chi connectivity index (χ1) is 11.6. The second kappa shape index (κ2) is 7.03. The number of hydrogen-bond donors (Lipinski definition) is 1. The van der Waals surface area contributed by atoms with Crippen LogP contribution in [0.5, 0.6) is 5.75 Å². The standard InChI is InChI=1S/C18H15ClN2O2S/c1-21-17(22)15(20-18(21)24)10-12-6-3-5-9-16(12)23-11-13-7-2-4-8-14(13)19/h2-10H,11H2,1H3,(H,20,24). The highest BCUT2D eigenvalue weighted by atomic mass is 35.5. The molecule has 3 rings (SSSR count). The van der Waals surface area contributed by atoms with E-state index < -0.39 is 0 Å². The largest absolute Gasteiger partial charge is 0.488 e. The van der Waals surface area contributed by atoms with Crippen molar-refractivity contribution in [1.82, 2.24) is 10.2 Å². The maximum Gasteiger partial charge on any atom is 0.276 e. The van der Waals surface area contributed by atoms with E-state index >= 15 is 0 Å². The average molecular weight is 359 g/mol. The first-order valence-electron chi connectivity index (χ1n) is 7.32. The van der Waals surface area contributed by atoms with Gasteiger partial charge in [0.2, 0.25) is 0 Å². The van der Waals surface area contributed by atoms with Crippen LogP contribution in [0.3, 0.4) is 0 Å². The number of nitrogens with zero attached hydrogens (tertiary/aromatic N) is 1. The van der Waals surface area contributed by atoms with Gasteiger partial charge in [0, 0.05) is 23.2 Å². The zero-order valence-corrected chi connectivity index (χ0v) is 14.5. The van der Waals surface area contributed by atoms with E-state index in [1.54, 1.807) is 13.1 Å². The predicted molar refractivity (Wildman–Crippen MR) is 98.7 cm³/mol. The zero-order chi connectivity index (χ0) is 17.1. The van der Waals surface area contributed by atoms with Crippen molar-refractivity contribution in [3.05, 3.63) is 70.4 Å². The molecule has 1 fully saturated rings. The van der Waals surface area contributed by atoms with Gasteiger partial charge in [0.15, 0.2) is 5.11 Å². The van der Waals surface area contributed by atoms with Crippen LogP contribution < -0.4 is 10.1 Å². The van der Waals surface area contributed by atoms with E-state index in [4.69, 9.17) is 28.6 Å². The quantitative estimate of drug-likeness (QED) is 0.669. The lowest BCUT2D eigenvalue weighted by Crippen LogP contribution is -2.25. The minimum absolute atomic E-state index is 0.166. The Morgan fingerprint density at radius 1 is 1.21 bits per heavy atom. The molecular formula is C18H15ClN2O2S. The second-order valence-corrected chi connectivity index (χ2v) is 6.06. The van der Waals surface area contributed by atoms with E-state index in [9.17, 15) is 4.79 Å². The number of amides is 1. The second-order valence-electron chi connectivity index (χ2n) is 5.27. The molecule has 0 spiro atoms. The number of likely N-dealkylation sites (N-methyl/N-ethyl adjacent to an activating group) is 1. The lowest BCUT2D eigenvalue weighted by atomic mass is 10.1. The van der Waals surface area contributed by atoms with Crippen LogP contribution in [0.15, 0.2) is 54.2 Å². The first kappa shape index (κ1) is 16.5. The van der Waals surface area contributed by atoms with Crippen LogP contribution in [-0.2, 0) is 11.4 Å². The van der Waals surface area contributed by atoms with Crippen molar-refractivity contribution in [1.29, 1.82) is 0 Å². The summed E-state index contributed by atoms with van der Waals surface area (Å²) >= 11 is 11.2. The van der Waals surface area contributed by atoms with Crippen molar-refractivity contribution in [3.8, 4) is 5.75 Å². The summed E-state index contributed by atoms with van der Waals surface area (Å²) in [6, 6.07) is 15.0. The minimum Gasteiger partial charge on any atom is -0.488 e. The van der Waals surface area contributed by atoms with Crippen LogP contribution in [0, 0.1) is 0 Å². The molecule has 0 aromatic heterocycles. The molecule has 1 saturated heterocycles. The van der Waals surface area contributed by atoms with E-state index in [1.165, 1.54) is 4.90 Å². The van der Waals surface area contributed by atoms with Gasteiger partial charge >= 0.3 is 0 Å². The van der Waals surface area contributed by atoms with Gasteiger partial charge in [0.05, 0.1) is 0 Å². The molecule has 6 heteroatoms. The van der Waals surface area contributed by atoms with Gasteiger partial charge in [0.1, 0.15) is 18.1 Å². The number of para-hydroxylation sites is 1. The van der Waals surface area contributed by atoms with Crippen LogP contribution >= 0.6 is 23.8 Å². The topological polar surface area (TPSA) is 41.6 Å². The summed E-state index contributed by atoms with van der Waals surface area (Å²) in [6.45, 7) is 0.347. The molecule has 0 saturated carbocycles. The third kappa shape index (κ3) is 3.42. The molecule has 0 atom stereocenters. The fraction of sp³-hybridized carbons (Fsp3) is 0.111. The minimum atomic E-state index is -0.166. The molecule has 1 aliphatic rings. The Balaban J connectivity index is 1.83. The molecule has 0 aliphatic carbocycles. The summed E-state index contributed by atoms with van der Waals surface area (Å²) in [7, 11) is 1.64. The van der Waals surface area contributed by atoms with Crippen LogP contribution in [0.4, 0.5) is 0 Å². The Bertz CT molecular complexity index is 835. The smallest absolute Gasteiger partial charge is 0.276 e. The third-order valence-corrected chi connectivity index (χ3v) is 4.39. The molecule has 1 amide bonds. The number of carbonyl (C=O) groups is 1. The van der Waals surface area contributed by atoms with Crippen LogP contribution in [0.25, 0.3) is 6.08 Å². The van der Waals surface area contributed by atoms with E-state index in [2.05, 4.69) is 5.32 Å². The van der Waals surface area contributed by atoms with E-state index in [1.807, 2.05) is 48.5 Å². The summed E-state index contributed by atoms with van der Waals surface area (Å²) in [4.78, 5) is 13.5. The van der Waals surface area contributed by atoms with Crippen LogP contribution in [0.1, 0.15) is 11.1 Å². The summed E-state index contributed by atoms with van der Waals surface area (Å²) < 4.78 is 5.89. The molecule has 0 bridgehead atoms. The van der Waals surface area contributed by atoms with E-state index in [0.29, 0.717) is 28.2 Å². The van der Waals surface area contributed by atoms with Gasteiger partial charge in [-0.25, -0.2) is 0 Å². The highest BCUT2D eigenvalue weighted by Gasteiger charge is 2.27. The Labute approximate surface area is 150 Å². The third-order valence-electron chi connectivity index (χ3n) is 3.64. The molecule has 0 radical (unpaired) electrons. The van der Waals surface area contributed by atoms with E-state index in [-0.39, 0.29) is 5.91 Å². The zero-order valence-electron chi connectivity index (χ0n) is 13.0. The maximum atomic E-state index is 12.1. The van der Waals surface area contributed by atoms with Gasteiger partial charge in [-0.05, 0) is 30.4 Å². The molecule has 1 aliphatic heterocycles. The summed E-state index contributed by atoms with van der Waals surface area (Å²) in [5, 5.41) is 3.95. The molecular weight excluding hydrogens is 344 g/mol. The summed E-state index contributed by atoms with van der Waals surface area (Å²) in [6.07, 6.45) is 1.74. The molecule has 2 aromatic rings. The molecule has 4 nitrogen and oxygen atoms in total. The summed E-state index contributed by atoms with van der Waals surface area (Å²) in [5.41, 5.74) is 2.12. The number of hydrogen-bond acceptors (Lipinski definition) is 3. The molecule has 122 valence electrons. The van der Waals surface area contributed by atoms with Gasteiger partial charge in [-0.1, -0.05) is 48.0 Å². The number of nitrogens with one attached hydrogen (secondary N) is 1. The first-order valence-corrected chi connectivity index (χ1v) is 8.11. The number of ether oxygens (including phenoxy) is 1. The molecule has 0 unspecified atom stereocenters. The van der Waals surface area contributed by atoms with Gasteiger partial charge in [-0.2, -0.15) is 0 Å². The van der Waals surface area contributed by atoms with Gasteiger partial charge < -0.3 is 10.1 Å². The number of thiocarbonyl (C=S) groups is 1. The van der Waals surface area contributed by atoms with Crippen LogP contribution in [0.2, 0.25) is 5.02 Å². The van der Waals surface area contributed by atoms with E-state index in [0.717, 1.165) is 11.1 Å². The highest BCUT2D eigenvalue weighted by Crippen LogP contribution is 2.24. The van der Waals surface area contributed by atoms with Crippen molar-refractivity contribution < 1.29 is 9.53 Å². The Hall–Kier alpha value is -2.37. The maximum absolute atomic E-state index is 12.1. The monoisotopic (exact) mass is 358 g/mol. The average Bonchev–Trinajstić information content (AvgIpc) is 2.82. The fourth-order valence-electron chi connectivity index (χ4n) is 2.28. The highest BCUT2D eigenvalue weighted by molar-refractivity contribution is 7.80. The molecule has 1 N–H and O–H groups in total. The molecule has 24 heavy (non-hydrogen) atoms. The van der Waals surface area contributed by atoms with Crippen molar-refractivity contribution in [2.24, 2.45) is 0 Å². The van der Waals surface area contributed by atoms with Crippen LogP contribution in [-0.4, -0.2) is 23.0 Å². The number of halogens is 1.